The van der Waals surface area contributed by atoms with Gasteiger partial charge in [-0.1, -0.05) is 28.1 Å². The lowest BCUT2D eigenvalue weighted by Gasteiger charge is -2.35. The van der Waals surface area contributed by atoms with Crippen LogP contribution in [0.15, 0.2) is 28.7 Å². The molecule has 146 valence electrons. The predicted molar refractivity (Wildman–Crippen MR) is 102 cm³/mol. The molecule has 0 aromatic heterocycles. The van der Waals surface area contributed by atoms with E-state index < -0.39 is 23.7 Å². The lowest BCUT2D eigenvalue weighted by Crippen LogP contribution is -2.51. The van der Waals surface area contributed by atoms with Crippen molar-refractivity contribution >= 4 is 33.8 Å². The Labute approximate surface area is 167 Å². The van der Waals surface area contributed by atoms with Gasteiger partial charge in [0.25, 0.3) is 0 Å². The zero-order chi connectivity index (χ0) is 19.8. The number of fused-ring (bicyclic) bond motifs is 2. The Morgan fingerprint density at radius 2 is 1.81 bits per heavy atom. The maximum absolute atomic E-state index is 12.7. The monoisotopic (exact) mass is 437 g/mol. The third-order valence-electron chi connectivity index (χ3n) is 4.94. The molecule has 1 saturated carbocycles. The molecule has 0 unspecified atom stereocenters. The highest BCUT2D eigenvalue weighted by Crippen LogP contribution is 2.43. The lowest BCUT2D eigenvalue weighted by atomic mass is 9.99. The second-order valence-corrected chi connectivity index (χ2v) is 9.01. The topological polar surface area (TPSA) is 72.9 Å². The number of hydrogen-bond donors (Lipinski definition) is 0. The molecule has 3 atom stereocenters. The highest BCUT2D eigenvalue weighted by molar-refractivity contribution is 9.10. The van der Waals surface area contributed by atoms with E-state index in [0.29, 0.717) is 5.56 Å². The van der Waals surface area contributed by atoms with Crippen LogP contribution in [-0.4, -0.2) is 47.0 Å². The van der Waals surface area contributed by atoms with Gasteiger partial charge in [-0.2, -0.15) is 0 Å². The first-order valence-corrected chi connectivity index (χ1v) is 9.92. The summed E-state index contributed by atoms with van der Waals surface area (Å²) in [4.78, 5) is 39.0. The van der Waals surface area contributed by atoms with Gasteiger partial charge in [0, 0.05) is 16.1 Å². The van der Waals surface area contributed by atoms with E-state index in [9.17, 15) is 14.4 Å². The van der Waals surface area contributed by atoms with Gasteiger partial charge in [0.05, 0.1) is 0 Å². The number of piperidine rings is 1. The molecular formula is C20H24BrNO5. The van der Waals surface area contributed by atoms with Crippen molar-refractivity contribution in [1.29, 1.82) is 0 Å². The van der Waals surface area contributed by atoms with E-state index in [4.69, 9.17) is 9.47 Å². The third kappa shape index (κ3) is 4.51. The average molecular weight is 438 g/mol. The number of carbonyl (C=O) groups is 3. The van der Waals surface area contributed by atoms with Gasteiger partial charge in [-0.15, -0.1) is 0 Å². The maximum atomic E-state index is 12.7. The molecule has 1 aliphatic carbocycles. The fourth-order valence-corrected chi connectivity index (χ4v) is 4.07. The van der Waals surface area contributed by atoms with Gasteiger partial charge >= 0.3 is 12.1 Å². The Balaban J connectivity index is 1.64. The van der Waals surface area contributed by atoms with E-state index in [1.807, 2.05) is 0 Å². The van der Waals surface area contributed by atoms with Gasteiger partial charge in [-0.05, 0) is 58.1 Å². The molecule has 1 aliphatic heterocycles. The van der Waals surface area contributed by atoms with Gasteiger partial charge in [0.1, 0.15) is 11.6 Å². The van der Waals surface area contributed by atoms with Crippen LogP contribution in [0.1, 0.15) is 50.4 Å². The Kier molecular flexibility index (Phi) is 5.60. The number of hydrogen-bond acceptors (Lipinski definition) is 5. The van der Waals surface area contributed by atoms with Gasteiger partial charge in [0.2, 0.25) is 0 Å². The summed E-state index contributed by atoms with van der Waals surface area (Å²) >= 11 is 3.31. The number of ketones is 1. The van der Waals surface area contributed by atoms with Crippen molar-refractivity contribution in [2.75, 3.05) is 6.61 Å². The highest BCUT2D eigenvalue weighted by Gasteiger charge is 2.53. The number of ether oxygens (including phenoxy) is 2. The Morgan fingerprint density at radius 1 is 1.15 bits per heavy atom. The first-order chi connectivity index (χ1) is 12.7. The number of rotatable bonds is 4. The number of Topliss-reactive ketones (excluding diaryl/α,β-unsaturated/α-hetero) is 1. The maximum Gasteiger partial charge on any atom is 0.411 e. The van der Waals surface area contributed by atoms with E-state index in [0.717, 1.165) is 23.7 Å². The van der Waals surface area contributed by atoms with Crippen molar-refractivity contribution in [3.8, 4) is 0 Å². The third-order valence-corrected chi connectivity index (χ3v) is 5.47. The molecule has 1 heterocycles. The average Bonchev–Trinajstić information content (AvgIpc) is 3.19. The van der Waals surface area contributed by atoms with Gasteiger partial charge in [0.15, 0.2) is 12.4 Å². The number of nitrogens with zero attached hydrogens (tertiary/aromatic N) is 1. The van der Waals surface area contributed by atoms with Gasteiger partial charge in [-0.3, -0.25) is 9.69 Å². The fourth-order valence-electron chi connectivity index (χ4n) is 3.81. The summed E-state index contributed by atoms with van der Waals surface area (Å²) in [7, 11) is 0. The fraction of sp³-hybridized carbons (Fsp3) is 0.550. The van der Waals surface area contributed by atoms with Crippen molar-refractivity contribution in [3.05, 3.63) is 34.3 Å². The summed E-state index contributed by atoms with van der Waals surface area (Å²) in [5.74, 6) is -0.737. The van der Waals surface area contributed by atoms with Crippen LogP contribution in [0, 0.1) is 5.92 Å². The van der Waals surface area contributed by atoms with Crippen LogP contribution < -0.4 is 0 Å². The van der Waals surface area contributed by atoms with E-state index in [1.54, 1.807) is 45.0 Å². The Morgan fingerprint density at radius 3 is 2.44 bits per heavy atom. The molecule has 3 rings (SSSR count). The molecule has 27 heavy (non-hydrogen) atoms. The molecule has 0 radical (unpaired) electrons. The predicted octanol–water partition coefficient (Wildman–Crippen LogP) is 3.96. The molecule has 0 spiro atoms. The molecule has 6 nitrogen and oxygen atoms in total. The summed E-state index contributed by atoms with van der Waals surface area (Å²) < 4.78 is 11.6. The molecule has 2 aliphatic rings. The molecule has 1 amide bonds. The summed E-state index contributed by atoms with van der Waals surface area (Å²) in [6.45, 7) is 5.05. The van der Waals surface area contributed by atoms with E-state index >= 15 is 0 Å². The van der Waals surface area contributed by atoms with Gasteiger partial charge < -0.3 is 9.47 Å². The highest BCUT2D eigenvalue weighted by atomic mass is 79.9. The second kappa shape index (κ2) is 7.62. The summed E-state index contributed by atoms with van der Waals surface area (Å²) in [6, 6.07) is 6.20. The Bertz CT molecular complexity index is 740. The Hall–Kier alpha value is -1.89. The SMILES string of the molecule is CC(C)(C)OC(=O)N1[C@@H]2CC[C@@H](C2)[C@H]1C(=O)OCC(=O)c1ccc(Br)cc1. The molecule has 1 saturated heterocycles. The minimum absolute atomic E-state index is 0.00424. The van der Waals surface area contributed by atoms with E-state index in [2.05, 4.69) is 15.9 Å². The van der Waals surface area contributed by atoms with Crippen LogP contribution >= 0.6 is 15.9 Å². The van der Waals surface area contributed by atoms with Crippen LogP contribution in [-0.2, 0) is 14.3 Å². The minimum atomic E-state index is -0.670. The quantitative estimate of drug-likeness (QED) is 0.526. The molecule has 1 aromatic rings. The summed E-state index contributed by atoms with van der Waals surface area (Å²) in [6.07, 6.45) is 2.03. The number of benzene rings is 1. The molecular weight excluding hydrogens is 414 g/mol. The van der Waals surface area contributed by atoms with Crippen molar-refractivity contribution in [2.24, 2.45) is 5.92 Å². The number of carbonyl (C=O) groups excluding carboxylic acids is 3. The second-order valence-electron chi connectivity index (χ2n) is 8.10. The number of likely N-dealkylation sites (tertiary alicyclic amines) is 1. The number of amides is 1. The minimum Gasteiger partial charge on any atom is -0.456 e. The summed E-state index contributed by atoms with van der Waals surface area (Å²) in [5, 5.41) is 0. The molecule has 2 fully saturated rings. The van der Waals surface area contributed by atoms with E-state index in [1.165, 1.54) is 4.90 Å². The van der Waals surface area contributed by atoms with E-state index in [-0.39, 0.29) is 24.3 Å². The molecule has 1 aromatic carbocycles. The van der Waals surface area contributed by atoms with Crippen LogP contribution in [0.25, 0.3) is 0 Å². The standard InChI is InChI=1S/C20H24BrNO5/c1-20(2,3)27-19(25)22-15-9-6-13(10-15)17(22)18(24)26-11-16(23)12-4-7-14(21)8-5-12/h4-5,7-8,13,15,17H,6,9-11H2,1-3H3/t13-,15+,17-/m0/s1. The first kappa shape index (κ1) is 19.9. The van der Waals surface area contributed by atoms with Crippen molar-refractivity contribution in [1.82, 2.24) is 4.90 Å². The zero-order valence-electron chi connectivity index (χ0n) is 15.7. The zero-order valence-corrected chi connectivity index (χ0v) is 17.3. The largest absolute Gasteiger partial charge is 0.456 e. The van der Waals surface area contributed by atoms with Crippen molar-refractivity contribution in [3.63, 3.8) is 0 Å². The number of esters is 1. The smallest absolute Gasteiger partial charge is 0.411 e. The summed E-state index contributed by atoms with van der Waals surface area (Å²) in [5.41, 5.74) is -0.159. The van der Waals surface area contributed by atoms with Gasteiger partial charge in [-0.25, -0.2) is 9.59 Å². The molecule has 0 N–H and O–H groups in total. The van der Waals surface area contributed by atoms with Crippen LogP contribution in [0.2, 0.25) is 0 Å². The van der Waals surface area contributed by atoms with Crippen molar-refractivity contribution in [2.45, 2.75) is 57.7 Å². The van der Waals surface area contributed by atoms with Crippen molar-refractivity contribution < 1.29 is 23.9 Å². The molecule has 7 heteroatoms. The normalized spacial score (nSPS) is 24.0. The lowest BCUT2D eigenvalue weighted by molar-refractivity contribution is -0.150. The van der Waals surface area contributed by atoms with Crippen LogP contribution in [0.3, 0.4) is 0 Å². The first-order valence-electron chi connectivity index (χ1n) is 9.12. The number of halogens is 1. The van der Waals surface area contributed by atoms with Crippen LogP contribution in [0.5, 0.6) is 0 Å². The molecule has 2 bridgehead atoms. The van der Waals surface area contributed by atoms with Crippen LogP contribution in [0.4, 0.5) is 4.79 Å².